The Kier molecular flexibility index (Phi) is 3.92. The van der Waals surface area contributed by atoms with Crippen LogP contribution in [0.4, 0.5) is 4.79 Å². The molecule has 1 aliphatic carbocycles. The number of piperidine rings is 1. The normalized spacial score (nSPS) is 29.1. The first-order chi connectivity index (χ1) is 9.74. The lowest BCUT2D eigenvalue weighted by Crippen LogP contribution is -2.54. The highest BCUT2D eigenvalue weighted by atomic mass is 16.6. The molecule has 0 aromatic heterocycles. The topological polar surface area (TPSA) is 49.8 Å². The third kappa shape index (κ3) is 2.80. The van der Waals surface area contributed by atoms with Gasteiger partial charge in [0.15, 0.2) is 0 Å². The molecule has 1 N–H and O–H groups in total. The van der Waals surface area contributed by atoms with Gasteiger partial charge in [-0.25, -0.2) is 4.79 Å². The van der Waals surface area contributed by atoms with Crippen LogP contribution in [-0.4, -0.2) is 34.8 Å². The van der Waals surface area contributed by atoms with Crippen LogP contribution in [0, 0.1) is 5.92 Å². The fraction of sp³-hybridized carbons (Fsp3) is 0.562. The lowest BCUT2D eigenvalue weighted by molar-refractivity contribution is -0.0271. The summed E-state index contributed by atoms with van der Waals surface area (Å²) in [6.45, 7) is 1.00. The molecule has 3 atom stereocenters. The third-order valence-corrected chi connectivity index (χ3v) is 4.51. The number of carbonyl (C=O) groups excluding carboxylic acids is 1. The van der Waals surface area contributed by atoms with E-state index in [4.69, 9.17) is 4.74 Å². The lowest BCUT2D eigenvalue weighted by Gasteiger charge is -2.44. The van der Waals surface area contributed by atoms with Crippen LogP contribution in [0.15, 0.2) is 30.3 Å². The first kappa shape index (κ1) is 13.4. The number of benzene rings is 1. The van der Waals surface area contributed by atoms with Crippen molar-refractivity contribution >= 4 is 6.09 Å². The Hall–Kier alpha value is -1.55. The molecule has 1 saturated heterocycles. The van der Waals surface area contributed by atoms with Gasteiger partial charge in [0.2, 0.25) is 0 Å². The van der Waals surface area contributed by atoms with Gasteiger partial charge in [0, 0.05) is 6.54 Å². The van der Waals surface area contributed by atoms with Gasteiger partial charge in [0.25, 0.3) is 0 Å². The van der Waals surface area contributed by atoms with Crippen molar-refractivity contribution in [3.05, 3.63) is 35.9 Å². The van der Waals surface area contributed by atoms with Gasteiger partial charge in [0.05, 0.1) is 12.1 Å². The number of hydrogen-bond acceptors (Lipinski definition) is 3. The van der Waals surface area contributed by atoms with Crippen molar-refractivity contribution in [3.63, 3.8) is 0 Å². The Bertz CT molecular complexity index is 462. The summed E-state index contributed by atoms with van der Waals surface area (Å²) in [5.41, 5.74) is 0.986. The molecule has 2 bridgehead atoms. The minimum Gasteiger partial charge on any atom is -0.445 e. The standard InChI is InChI=1S/C16H21NO3/c18-15-7-6-12-8-9-17(14(15)10-12)16(19)20-11-13-4-2-1-3-5-13/h1-5,12,14-15,18H,6-11H2/t12-,14+,15+/m0/s1. The van der Waals surface area contributed by atoms with Gasteiger partial charge in [-0.05, 0) is 37.2 Å². The van der Waals surface area contributed by atoms with E-state index in [1.165, 1.54) is 0 Å². The molecule has 0 unspecified atom stereocenters. The minimum absolute atomic E-state index is 0.0502. The molecule has 1 heterocycles. The van der Waals surface area contributed by atoms with Gasteiger partial charge < -0.3 is 14.7 Å². The summed E-state index contributed by atoms with van der Waals surface area (Å²) in [6.07, 6.45) is 3.15. The molecule has 4 nitrogen and oxygen atoms in total. The second kappa shape index (κ2) is 5.83. The zero-order valence-corrected chi connectivity index (χ0v) is 11.6. The van der Waals surface area contributed by atoms with E-state index in [1.807, 2.05) is 30.3 Å². The summed E-state index contributed by atoms with van der Waals surface area (Å²) in [7, 11) is 0. The van der Waals surface area contributed by atoms with Crippen LogP contribution in [0.25, 0.3) is 0 Å². The van der Waals surface area contributed by atoms with Gasteiger partial charge in [0.1, 0.15) is 6.61 Å². The molecule has 0 spiro atoms. The third-order valence-electron chi connectivity index (χ3n) is 4.51. The average molecular weight is 275 g/mol. The van der Waals surface area contributed by atoms with Crippen LogP contribution in [0.2, 0.25) is 0 Å². The molecular weight excluding hydrogens is 254 g/mol. The fourth-order valence-electron chi connectivity index (χ4n) is 3.33. The van der Waals surface area contributed by atoms with Gasteiger partial charge in [-0.15, -0.1) is 0 Å². The smallest absolute Gasteiger partial charge is 0.410 e. The SMILES string of the molecule is O=C(OCc1ccccc1)N1CC[C@@H]2CC[C@@H](O)[C@H]1C2. The van der Waals surface area contributed by atoms with Crippen LogP contribution in [0.1, 0.15) is 31.2 Å². The van der Waals surface area contributed by atoms with E-state index in [0.29, 0.717) is 19.1 Å². The van der Waals surface area contributed by atoms with Gasteiger partial charge in [-0.2, -0.15) is 0 Å². The number of hydrogen-bond donors (Lipinski definition) is 1. The summed E-state index contributed by atoms with van der Waals surface area (Å²) >= 11 is 0. The highest BCUT2D eigenvalue weighted by Gasteiger charge is 2.40. The van der Waals surface area contributed by atoms with Crippen LogP contribution >= 0.6 is 0 Å². The molecule has 3 rings (SSSR count). The first-order valence-electron chi connectivity index (χ1n) is 7.39. The monoisotopic (exact) mass is 275 g/mol. The molecule has 2 fully saturated rings. The van der Waals surface area contributed by atoms with Crippen molar-refractivity contribution in [1.29, 1.82) is 0 Å². The summed E-state index contributed by atoms with van der Waals surface area (Å²) in [6, 6.07) is 9.63. The summed E-state index contributed by atoms with van der Waals surface area (Å²) in [5, 5.41) is 10.1. The fourth-order valence-corrected chi connectivity index (χ4v) is 3.33. The highest BCUT2D eigenvalue weighted by Crippen LogP contribution is 2.35. The number of ether oxygens (including phenoxy) is 1. The Labute approximate surface area is 119 Å². The molecule has 20 heavy (non-hydrogen) atoms. The zero-order chi connectivity index (χ0) is 13.9. The molecule has 1 aromatic carbocycles. The molecule has 2 aliphatic rings. The number of likely N-dealkylation sites (tertiary alicyclic amines) is 1. The van der Waals surface area contributed by atoms with Crippen molar-refractivity contribution < 1.29 is 14.6 Å². The Morgan fingerprint density at radius 2 is 2.05 bits per heavy atom. The van der Waals surface area contributed by atoms with Crippen molar-refractivity contribution in [2.75, 3.05) is 6.54 Å². The minimum atomic E-state index is -0.393. The average Bonchev–Trinajstić information content (AvgIpc) is 2.50. The Balaban J connectivity index is 1.59. The number of carbonyl (C=O) groups is 1. The van der Waals surface area contributed by atoms with Crippen molar-refractivity contribution in [3.8, 4) is 0 Å². The Morgan fingerprint density at radius 1 is 1.25 bits per heavy atom. The van der Waals surface area contributed by atoms with E-state index < -0.39 is 6.10 Å². The van der Waals surface area contributed by atoms with E-state index >= 15 is 0 Å². The van der Waals surface area contributed by atoms with E-state index in [0.717, 1.165) is 31.2 Å². The number of aliphatic hydroxyl groups is 1. The van der Waals surface area contributed by atoms with E-state index in [-0.39, 0.29) is 12.1 Å². The quantitative estimate of drug-likeness (QED) is 0.902. The largest absolute Gasteiger partial charge is 0.445 e. The number of fused-ring (bicyclic) bond motifs is 2. The van der Waals surface area contributed by atoms with E-state index in [9.17, 15) is 9.90 Å². The van der Waals surface area contributed by atoms with E-state index in [1.54, 1.807) is 4.90 Å². The van der Waals surface area contributed by atoms with Crippen LogP contribution in [-0.2, 0) is 11.3 Å². The van der Waals surface area contributed by atoms with E-state index in [2.05, 4.69) is 0 Å². The lowest BCUT2D eigenvalue weighted by atomic mass is 9.78. The second-order valence-corrected chi connectivity index (χ2v) is 5.84. The zero-order valence-electron chi connectivity index (χ0n) is 11.6. The summed E-state index contributed by atoms with van der Waals surface area (Å²) in [5.74, 6) is 0.668. The van der Waals surface area contributed by atoms with Gasteiger partial charge in [-0.3, -0.25) is 0 Å². The maximum atomic E-state index is 12.2. The molecular formula is C16H21NO3. The molecule has 4 heteroatoms. The van der Waals surface area contributed by atoms with Crippen molar-refractivity contribution in [1.82, 2.24) is 4.90 Å². The summed E-state index contributed by atoms with van der Waals surface area (Å²) in [4.78, 5) is 13.9. The molecule has 1 amide bonds. The summed E-state index contributed by atoms with van der Waals surface area (Å²) < 4.78 is 5.38. The van der Waals surface area contributed by atoms with Gasteiger partial charge in [-0.1, -0.05) is 30.3 Å². The molecule has 0 radical (unpaired) electrons. The highest BCUT2D eigenvalue weighted by molar-refractivity contribution is 5.68. The maximum absolute atomic E-state index is 12.2. The van der Waals surface area contributed by atoms with Gasteiger partial charge >= 0.3 is 6.09 Å². The maximum Gasteiger partial charge on any atom is 0.410 e. The predicted molar refractivity (Wildman–Crippen MR) is 75.1 cm³/mol. The van der Waals surface area contributed by atoms with Crippen LogP contribution in [0.3, 0.4) is 0 Å². The number of amides is 1. The number of rotatable bonds is 2. The van der Waals surface area contributed by atoms with Crippen LogP contribution < -0.4 is 0 Å². The molecule has 108 valence electrons. The Morgan fingerprint density at radius 3 is 2.85 bits per heavy atom. The molecule has 1 saturated carbocycles. The molecule has 1 aromatic rings. The number of aliphatic hydroxyl groups excluding tert-OH is 1. The van der Waals surface area contributed by atoms with Crippen molar-refractivity contribution in [2.45, 2.75) is 44.4 Å². The molecule has 1 aliphatic heterocycles. The number of nitrogens with zero attached hydrogens (tertiary/aromatic N) is 1. The first-order valence-corrected chi connectivity index (χ1v) is 7.39. The second-order valence-electron chi connectivity index (χ2n) is 5.84. The van der Waals surface area contributed by atoms with Crippen molar-refractivity contribution in [2.24, 2.45) is 5.92 Å². The van der Waals surface area contributed by atoms with Crippen LogP contribution in [0.5, 0.6) is 0 Å². The predicted octanol–water partition coefficient (Wildman–Crippen LogP) is 2.56.